The summed E-state index contributed by atoms with van der Waals surface area (Å²) in [7, 11) is 3.21. The van der Waals surface area contributed by atoms with Crippen LogP contribution < -0.4 is 10.2 Å². The molecule has 0 unspecified atom stereocenters. The van der Waals surface area contributed by atoms with Crippen LogP contribution in [-0.4, -0.2) is 61.0 Å². The van der Waals surface area contributed by atoms with E-state index < -0.39 is 5.82 Å². The largest absolute Gasteiger partial charge is 0.353 e. The summed E-state index contributed by atoms with van der Waals surface area (Å²) in [6.07, 6.45) is 1.56. The highest BCUT2D eigenvalue weighted by molar-refractivity contribution is 6.00. The van der Waals surface area contributed by atoms with Crippen LogP contribution in [-0.2, 0) is 0 Å². The summed E-state index contributed by atoms with van der Waals surface area (Å²) in [5.74, 6) is 0.00287. The third-order valence-corrected chi connectivity index (χ3v) is 4.98. The average Bonchev–Trinajstić information content (AvgIpc) is 2.73. The lowest BCUT2D eigenvalue weighted by Gasteiger charge is -2.29. The van der Waals surface area contributed by atoms with E-state index >= 15 is 0 Å². The Labute approximate surface area is 187 Å². The van der Waals surface area contributed by atoms with Crippen LogP contribution >= 0.6 is 24.8 Å². The summed E-state index contributed by atoms with van der Waals surface area (Å²) >= 11 is 0. The van der Waals surface area contributed by atoms with Crippen LogP contribution in [0.4, 0.5) is 10.2 Å². The van der Waals surface area contributed by atoms with Crippen molar-refractivity contribution in [2.45, 2.75) is 0 Å². The van der Waals surface area contributed by atoms with Crippen molar-refractivity contribution in [3.05, 3.63) is 54.1 Å². The highest BCUT2D eigenvalue weighted by atomic mass is 35.5. The Bertz CT molecular complexity index is 1040. The maximum Gasteiger partial charge on any atom is 0.256 e. The van der Waals surface area contributed by atoms with Crippen LogP contribution in [0, 0.1) is 5.82 Å². The number of rotatable bonds is 3. The van der Waals surface area contributed by atoms with Gasteiger partial charge in [0.1, 0.15) is 18.0 Å². The standard InChI is InChI=1S/C21H22FN5O.2ClH/c1-26(2)21(28)16-7-6-14(12-18(16)22)15-4-3-5-17-19(15)24-13-25-20(17)27-10-8-23-9-11-27;;/h3-7,12-13,23H,8-11H2,1-2H3;2*1H. The summed E-state index contributed by atoms with van der Waals surface area (Å²) in [5, 5.41) is 4.28. The monoisotopic (exact) mass is 451 g/mol. The van der Waals surface area contributed by atoms with Crippen LogP contribution in [0.15, 0.2) is 42.7 Å². The maximum atomic E-state index is 14.6. The van der Waals surface area contributed by atoms with Gasteiger partial charge in [-0.1, -0.05) is 18.2 Å². The second-order valence-electron chi connectivity index (χ2n) is 7.03. The number of amides is 1. The van der Waals surface area contributed by atoms with Crippen LogP contribution in [0.1, 0.15) is 10.4 Å². The molecule has 0 saturated carbocycles. The molecule has 6 nitrogen and oxygen atoms in total. The van der Waals surface area contributed by atoms with Gasteiger partial charge < -0.3 is 15.1 Å². The van der Waals surface area contributed by atoms with Crippen LogP contribution in [0.2, 0.25) is 0 Å². The Balaban J connectivity index is 0.00000160. The number of anilines is 1. The van der Waals surface area contributed by atoms with Gasteiger partial charge in [0.05, 0.1) is 11.1 Å². The topological polar surface area (TPSA) is 61.4 Å². The first kappa shape index (κ1) is 23.8. The molecule has 0 aliphatic carbocycles. The molecular formula is C21H24Cl2FN5O. The first-order valence-electron chi connectivity index (χ1n) is 9.27. The van der Waals surface area contributed by atoms with Crippen molar-refractivity contribution in [3.63, 3.8) is 0 Å². The molecular weight excluding hydrogens is 428 g/mol. The normalized spacial score (nSPS) is 13.4. The number of carbonyl (C=O) groups excluding carboxylic acids is 1. The van der Waals surface area contributed by atoms with Gasteiger partial charge in [0.2, 0.25) is 0 Å². The van der Waals surface area contributed by atoms with Gasteiger partial charge >= 0.3 is 0 Å². The maximum absolute atomic E-state index is 14.6. The van der Waals surface area contributed by atoms with E-state index in [-0.39, 0.29) is 36.3 Å². The molecule has 1 aliphatic heterocycles. The number of nitrogens with one attached hydrogen (secondary N) is 1. The third kappa shape index (κ3) is 4.48. The van der Waals surface area contributed by atoms with Crippen molar-refractivity contribution in [2.24, 2.45) is 0 Å². The number of hydrogen-bond donors (Lipinski definition) is 1. The van der Waals surface area contributed by atoms with E-state index in [1.807, 2.05) is 18.2 Å². The molecule has 0 radical (unpaired) electrons. The number of piperazine rings is 1. The molecule has 3 aromatic rings. The van der Waals surface area contributed by atoms with Crippen LogP contribution in [0.3, 0.4) is 0 Å². The summed E-state index contributed by atoms with van der Waals surface area (Å²) in [6.45, 7) is 3.59. The minimum atomic E-state index is -0.537. The minimum Gasteiger partial charge on any atom is -0.353 e. The molecule has 1 N–H and O–H groups in total. The summed E-state index contributed by atoms with van der Waals surface area (Å²) in [6, 6.07) is 10.5. The highest BCUT2D eigenvalue weighted by Crippen LogP contribution is 2.32. The minimum absolute atomic E-state index is 0. The fourth-order valence-electron chi connectivity index (χ4n) is 3.53. The SMILES string of the molecule is CN(C)C(=O)c1ccc(-c2cccc3c(N4CCNCC4)ncnc23)cc1F.Cl.Cl. The summed E-state index contributed by atoms with van der Waals surface area (Å²) in [4.78, 5) is 24.7. The zero-order valence-corrected chi connectivity index (χ0v) is 18.4. The molecule has 30 heavy (non-hydrogen) atoms. The number of fused-ring (bicyclic) bond motifs is 1. The van der Waals surface area contributed by atoms with Gasteiger partial charge in [0.25, 0.3) is 5.91 Å². The number of halogens is 3. The van der Waals surface area contributed by atoms with E-state index in [2.05, 4.69) is 20.2 Å². The quantitative estimate of drug-likeness (QED) is 0.660. The van der Waals surface area contributed by atoms with Gasteiger partial charge in [-0.05, 0) is 23.8 Å². The molecule has 1 aliphatic rings. The Hall–Kier alpha value is -2.48. The fourth-order valence-corrected chi connectivity index (χ4v) is 3.53. The Morgan fingerprint density at radius 1 is 1.10 bits per heavy atom. The van der Waals surface area contributed by atoms with Gasteiger partial charge in [0, 0.05) is 51.2 Å². The number of nitrogens with zero attached hydrogens (tertiary/aromatic N) is 4. The fraction of sp³-hybridized carbons (Fsp3) is 0.286. The lowest BCUT2D eigenvalue weighted by molar-refractivity contribution is 0.0823. The molecule has 9 heteroatoms. The van der Waals surface area contributed by atoms with Crippen molar-refractivity contribution in [2.75, 3.05) is 45.2 Å². The highest BCUT2D eigenvalue weighted by Gasteiger charge is 2.18. The molecule has 2 heterocycles. The predicted octanol–water partition coefficient (Wildman–Crippen LogP) is 3.39. The number of hydrogen-bond acceptors (Lipinski definition) is 5. The molecule has 1 saturated heterocycles. The molecule has 1 amide bonds. The number of aromatic nitrogens is 2. The smallest absolute Gasteiger partial charge is 0.256 e. The lowest BCUT2D eigenvalue weighted by Crippen LogP contribution is -2.44. The van der Waals surface area contributed by atoms with E-state index in [4.69, 9.17) is 0 Å². The van der Waals surface area contributed by atoms with E-state index in [1.54, 1.807) is 26.5 Å². The molecule has 0 bridgehead atoms. The number of para-hydroxylation sites is 1. The van der Waals surface area contributed by atoms with Crippen LogP contribution in [0.5, 0.6) is 0 Å². The van der Waals surface area contributed by atoms with Gasteiger partial charge in [-0.25, -0.2) is 14.4 Å². The van der Waals surface area contributed by atoms with Gasteiger partial charge in [-0.2, -0.15) is 0 Å². The van der Waals surface area contributed by atoms with Crippen molar-refractivity contribution < 1.29 is 9.18 Å². The second-order valence-corrected chi connectivity index (χ2v) is 7.03. The molecule has 1 fully saturated rings. The van der Waals surface area contributed by atoms with Crippen molar-refractivity contribution in [3.8, 4) is 11.1 Å². The van der Waals surface area contributed by atoms with Crippen molar-refractivity contribution in [1.82, 2.24) is 20.2 Å². The molecule has 160 valence electrons. The van der Waals surface area contributed by atoms with E-state index in [0.29, 0.717) is 5.56 Å². The summed E-state index contributed by atoms with van der Waals surface area (Å²) < 4.78 is 14.6. The van der Waals surface area contributed by atoms with Gasteiger partial charge in [-0.15, -0.1) is 24.8 Å². The zero-order valence-electron chi connectivity index (χ0n) is 16.8. The Morgan fingerprint density at radius 3 is 2.50 bits per heavy atom. The first-order chi connectivity index (χ1) is 13.6. The summed E-state index contributed by atoms with van der Waals surface area (Å²) in [5.41, 5.74) is 2.34. The zero-order chi connectivity index (χ0) is 19.7. The molecule has 1 aromatic heterocycles. The molecule has 4 rings (SSSR count). The second kappa shape index (κ2) is 10.0. The Kier molecular flexibility index (Phi) is 7.95. The van der Waals surface area contributed by atoms with E-state index in [9.17, 15) is 9.18 Å². The van der Waals surface area contributed by atoms with E-state index in [0.717, 1.165) is 48.5 Å². The van der Waals surface area contributed by atoms with Gasteiger partial charge in [-0.3, -0.25) is 4.79 Å². The first-order valence-corrected chi connectivity index (χ1v) is 9.27. The number of benzene rings is 2. The van der Waals surface area contributed by atoms with Crippen LogP contribution in [0.25, 0.3) is 22.0 Å². The number of carbonyl (C=O) groups is 1. The average molecular weight is 452 g/mol. The third-order valence-electron chi connectivity index (χ3n) is 4.98. The van der Waals surface area contributed by atoms with Crippen molar-refractivity contribution in [1.29, 1.82) is 0 Å². The van der Waals surface area contributed by atoms with Crippen molar-refractivity contribution >= 4 is 47.4 Å². The molecule has 0 spiro atoms. The Morgan fingerprint density at radius 2 is 1.83 bits per heavy atom. The molecule has 2 aromatic carbocycles. The van der Waals surface area contributed by atoms with E-state index in [1.165, 1.54) is 17.0 Å². The predicted molar refractivity (Wildman–Crippen MR) is 123 cm³/mol. The lowest BCUT2D eigenvalue weighted by atomic mass is 10.00. The van der Waals surface area contributed by atoms with Gasteiger partial charge in [0.15, 0.2) is 0 Å². The molecule has 0 atom stereocenters.